The van der Waals surface area contributed by atoms with Gasteiger partial charge in [0.05, 0.1) is 0 Å². The van der Waals surface area contributed by atoms with E-state index in [1.54, 1.807) is 0 Å². The van der Waals surface area contributed by atoms with Crippen LogP contribution in [0.5, 0.6) is 0 Å². The molecule has 1 aliphatic heterocycles. The summed E-state index contributed by atoms with van der Waals surface area (Å²) in [6, 6.07) is 0. The molecule has 1 saturated heterocycles. The van der Waals surface area contributed by atoms with Gasteiger partial charge in [-0.2, -0.15) is 0 Å². The van der Waals surface area contributed by atoms with Crippen molar-refractivity contribution >= 4 is 0 Å². The van der Waals surface area contributed by atoms with E-state index in [-0.39, 0.29) is 0 Å². The predicted octanol–water partition coefficient (Wildman–Crippen LogP) is -0.0405. The van der Waals surface area contributed by atoms with Crippen LogP contribution in [0.2, 0.25) is 0 Å². The second-order valence-electron chi connectivity index (χ2n) is 2.35. The lowest BCUT2D eigenvalue weighted by molar-refractivity contribution is 0.377. The highest BCUT2D eigenvalue weighted by Crippen LogP contribution is 2.09. The van der Waals surface area contributed by atoms with Gasteiger partial charge in [0, 0.05) is 13.1 Å². The lowest BCUT2D eigenvalue weighted by Gasteiger charge is -2.18. The summed E-state index contributed by atoms with van der Waals surface area (Å²) in [5.41, 5.74) is 5.46. The Morgan fingerprint density at radius 1 is 1.38 bits per heavy atom. The van der Waals surface area contributed by atoms with E-state index in [1.807, 2.05) is 0 Å². The van der Waals surface area contributed by atoms with E-state index < -0.39 is 0 Å². The van der Waals surface area contributed by atoms with E-state index in [0.717, 1.165) is 25.6 Å². The van der Waals surface area contributed by atoms with E-state index in [1.165, 1.54) is 12.8 Å². The van der Waals surface area contributed by atoms with E-state index in [4.69, 9.17) is 5.73 Å². The molecule has 1 fully saturated rings. The summed E-state index contributed by atoms with van der Waals surface area (Å²) in [4.78, 5) is 0. The van der Waals surface area contributed by atoms with E-state index in [9.17, 15) is 0 Å². The van der Waals surface area contributed by atoms with Gasteiger partial charge in [0.1, 0.15) is 0 Å². The SMILES string of the molecule is NCC1CC[N]CC1. The summed E-state index contributed by atoms with van der Waals surface area (Å²) < 4.78 is 0. The van der Waals surface area contributed by atoms with Gasteiger partial charge < -0.3 is 5.73 Å². The van der Waals surface area contributed by atoms with E-state index in [0.29, 0.717) is 0 Å². The number of rotatable bonds is 1. The predicted molar refractivity (Wildman–Crippen MR) is 33.6 cm³/mol. The van der Waals surface area contributed by atoms with Crippen molar-refractivity contribution in [2.24, 2.45) is 11.7 Å². The summed E-state index contributed by atoms with van der Waals surface area (Å²) in [7, 11) is 0. The van der Waals surface area contributed by atoms with Crippen LogP contribution in [0.4, 0.5) is 0 Å². The van der Waals surface area contributed by atoms with Gasteiger partial charge in [0.25, 0.3) is 0 Å². The van der Waals surface area contributed by atoms with E-state index >= 15 is 0 Å². The Labute approximate surface area is 50.4 Å². The molecule has 0 spiro atoms. The summed E-state index contributed by atoms with van der Waals surface area (Å²) in [5, 5.41) is 4.22. The molecule has 2 heteroatoms. The van der Waals surface area contributed by atoms with Crippen molar-refractivity contribution in [2.45, 2.75) is 12.8 Å². The smallest absolute Gasteiger partial charge is 0.0136 e. The molecule has 2 N–H and O–H groups in total. The lowest BCUT2D eigenvalue weighted by atomic mass is 9.99. The van der Waals surface area contributed by atoms with Gasteiger partial charge in [-0.05, 0) is 25.3 Å². The maximum absolute atomic E-state index is 5.46. The van der Waals surface area contributed by atoms with Gasteiger partial charge in [-0.3, -0.25) is 0 Å². The van der Waals surface area contributed by atoms with Crippen LogP contribution in [0.1, 0.15) is 12.8 Å². The minimum atomic E-state index is 0.771. The van der Waals surface area contributed by atoms with Crippen molar-refractivity contribution in [1.29, 1.82) is 0 Å². The molecular weight excluding hydrogens is 100 g/mol. The monoisotopic (exact) mass is 113 g/mol. The third-order valence-electron chi connectivity index (χ3n) is 1.72. The van der Waals surface area contributed by atoms with E-state index in [2.05, 4.69) is 5.32 Å². The number of hydrogen-bond acceptors (Lipinski definition) is 1. The summed E-state index contributed by atoms with van der Waals surface area (Å²) in [6.07, 6.45) is 2.44. The van der Waals surface area contributed by atoms with Crippen molar-refractivity contribution in [3.63, 3.8) is 0 Å². The van der Waals surface area contributed by atoms with Crippen LogP contribution >= 0.6 is 0 Å². The Hall–Kier alpha value is -0.0800. The topological polar surface area (TPSA) is 40.1 Å². The quantitative estimate of drug-likeness (QED) is 0.509. The van der Waals surface area contributed by atoms with Gasteiger partial charge in [0.15, 0.2) is 0 Å². The third-order valence-corrected chi connectivity index (χ3v) is 1.72. The minimum Gasteiger partial charge on any atom is -0.330 e. The molecule has 8 heavy (non-hydrogen) atoms. The van der Waals surface area contributed by atoms with Crippen molar-refractivity contribution < 1.29 is 0 Å². The van der Waals surface area contributed by atoms with Crippen LogP contribution in [-0.4, -0.2) is 19.6 Å². The van der Waals surface area contributed by atoms with Crippen LogP contribution in [0, 0.1) is 5.92 Å². The fourth-order valence-electron chi connectivity index (χ4n) is 1.04. The lowest BCUT2D eigenvalue weighted by Crippen LogP contribution is -2.27. The molecule has 2 nitrogen and oxygen atoms in total. The second kappa shape index (κ2) is 3.05. The first kappa shape index (κ1) is 6.05. The first-order chi connectivity index (χ1) is 3.93. The van der Waals surface area contributed by atoms with Gasteiger partial charge in [-0.1, -0.05) is 0 Å². The molecular formula is C6H13N2. The Morgan fingerprint density at radius 3 is 2.38 bits per heavy atom. The Bertz CT molecular complexity index is 57.5. The molecule has 0 aromatic carbocycles. The number of nitrogens with two attached hydrogens (primary N) is 1. The molecule has 1 heterocycles. The molecule has 0 atom stereocenters. The number of nitrogens with zero attached hydrogens (tertiary/aromatic N) is 1. The van der Waals surface area contributed by atoms with Gasteiger partial charge in [-0.25, -0.2) is 5.32 Å². The number of piperidine rings is 1. The molecule has 47 valence electrons. The molecule has 0 amide bonds. The van der Waals surface area contributed by atoms with Crippen LogP contribution in [-0.2, 0) is 0 Å². The Morgan fingerprint density at radius 2 is 2.00 bits per heavy atom. The highest BCUT2D eigenvalue weighted by molar-refractivity contribution is 4.67. The highest BCUT2D eigenvalue weighted by atomic mass is 14.9. The van der Waals surface area contributed by atoms with Crippen LogP contribution < -0.4 is 11.1 Å². The number of hydrogen-bond donors (Lipinski definition) is 1. The van der Waals surface area contributed by atoms with Crippen molar-refractivity contribution in [2.75, 3.05) is 19.6 Å². The van der Waals surface area contributed by atoms with Crippen LogP contribution in [0.15, 0.2) is 0 Å². The highest BCUT2D eigenvalue weighted by Gasteiger charge is 2.10. The summed E-state index contributed by atoms with van der Waals surface area (Å²) >= 11 is 0. The molecule has 0 aliphatic carbocycles. The zero-order valence-corrected chi connectivity index (χ0v) is 5.14. The summed E-state index contributed by atoms with van der Waals surface area (Å²) in [5.74, 6) is 0.771. The molecule has 0 aromatic heterocycles. The molecule has 0 aromatic rings. The Balaban J connectivity index is 2.13. The average molecular weight is 113 g/mol. The standard InChI is InChI=1S/C6H13N2/c7-5-6-1-3-8-4-2-6/h6H,1-5,7H2. The zero-order chi connectivity index (χ0) is 5.82. The summed E-state index contributed by atoms with van der Waals surface area (Å²) in [6.45, 7) is 2.94. The average Bonchev–Trinajstić information content (AvgIpc) is 1.90. The van der Waals surface area contributed by atoms with Crippen LogP contribution in [0.25, 0.3) is 0 Å². The molecule has 0 unspecified atom stereocenters. The maximum Gasteiger partial charge on any atom is 0.0136 e. The third kappa shape index (κ3) is 1.46. The van der Waals surface area contributed by atoms with Crippen LogP contribution in [0.3, 0.4) is 0 Å². The van der Waals surface area contributed by atoms with Gasteiger partial charge in [0.2, 0.25) is 0 Å². The molecule has 1 aliphatic rings. The first-order valence-electron chi connectivity index (χ1n) is 3.27. The maximum atomic E-state index is 5.46. The fourth-order valence-corrected chi connectivity index (χ4v) is 1.04. The van der Waals surface area contributed by atoms with Crippen molar-refractivity contribution in [3.05, 3.63) is 0 Å². The van der Waals surface area contributed by atoms with Gasteiger partial charge in [-0.15, -0.1) is 0 Å². The van der Waals surface area contributed by atoms with Crippen molar-refractivity contribution in [1.82, 2.24) is 5.32 Å². The second-order valence-corrected chi connectivity index (χ2v) is 2.35. The zero-order valence-electron chi connectivity index (χ0n) is 5.14. The van der Waals surface area contributed by atoms with Gasteiger partial charge >= 0.3 is 0 Å². The molecule has 0 bridgehead atoms. The first-order valence-corrected chi connectivity index (χ1v) is 3.27. The fraction of sp³-hybridized carbons (Fsp3) is 1.00. The minimum absolute atomic E-state index is 0.771. The van der Waals surface area contributed by atoms with Crippen molar-refractivity contribution in [3.8, 4) is 0 Å². The molecule has 1 rings (SSSR count). The Kier molecular flexibility index (Phi) is 2.30. The largest absolute Gasteiger partial charge is 0.330 e. The normalized spacial score (nSPS) is 23.6. The molecule has 1 radical (unpaired) electrons. The molecule has 0 saturated carbocycles.